The summed E-state index contributed by atoms with van der Waals surface area (Å²) in [5.74, 6) is 11.7. The van der Waals surface area contributed by atoms with Crippen LogP contribution in [0.15, 0.2) is 0 Å². The molecule has 0 saturated heterocycles. The molecular formula is C34H65KO6S2. The number of aliphatic carboxylic acids is 2. The van der Waals surface area contributed by atoms with Crippen LogP contribution in [0.2, 0.25) is 0 Å². The quantitative estimate of drug-likeness (QED) is 0.0400. The smallest absolute Gasteiger partial charge is 0.870 e. The Labute approximate surface area is 318 Å². The van der Waals surface area contributed by atoms with Crippen molar-refractivity contribution in [1.29, 1.82) is 0 Å². The van der Waals surface area contributed by atoms with Gasteiger partial charge in [-0.3, -0.25) is 9.59 Å². The van der Waals surface area contributed by atoms with Gasteiger partial charge in [0, 0.05) is 20.0 Å². The average Bonchev–Trinajstić information content (AvgIpc) is 2.97. The zero-order valence-corrected chi connectivity index (χ0v) is 33.3. The number of carbonyl (C=O) groups is 2. The van der Waals surface area contributed by atoms with E-state index < -0.39 is 11.9 Å². The third-order valence-electron chi connectivity index (χ3n) is 5.96. The van der Waals surface area contributed by atoms with Crippen molar-refractivity contribution in [1.82, 2.24) is 0 Å². The first kappa shape index (κ1) is 55.7. The van der Waals surface area contributed by atoms with Crippen LogP contribution in [0.5, 0.6) is 0 Å². The molecule has 0 heterocycles. The van der Waals surface area contributed by atoms with E-state index in [2.05, 4.69) is 43.2 Å². The molecule has 6 nitrogen and oxygen atoms in total. The van der Waals surface area contributed by atoms with Crippen molar-refractivity contribution in [2.24, 2.45) is 0 Å². The summed E-state index contributed by atoms with van der Waals surface area (Å²) in [6, 6.07) is 0. The molecule has 0 fully saturated rings. The van der Waals surface area contributed by atoms with Gasteiger partial charge in [-0.15, -0.1) is 23.7 Å². The minimum atomic E-state index is -0.881. The van der Waals surface area contributed by atoms with Crippen molar-refractivity contribution in [3.8, 4) is 23.7 Å². The zero-order valence-electron chi connectivity index (χ0n) is 28.4. The maximum Gasteiger partial charge on any atom is 1.00 e. The Balaban J connectivity index is -0.000000128. The first-order chi connectivity index (χ1) is 20.0. The molecule has 0 atom stereocenters. The fourth-order valence-electron chi connectivity index (χ4n) is 3.77. The summed E-state index contributed by atoms with van der Waals surface area (Å²) in [5, 5.41) is 23.1. The van der Waals surface area contributed by atoms with Gasteiger partial charge in [-0.25, -0.2) is 0 Å². The molecule has 0 unspecified atom stereocenters. The molecule has 4 N–H and O–H groups in total. The number of carboxylic acid groups (broad SMARTS) is 2. The minimum Gasteiger partial charge on any atom is -0.870 e. The fraction of sp³-hybridized carbons (Fsp3) is 0.824. The van der Waals surface area contributed by atoms with E-state index in [0.29, 0.717) is 0 Å². The van der Waals surface area contributed by atoms with Crippen molar-refractivity contribution in [3.63, 3.8) is 0 Å². The molecule has 0 rings (SSSR count). The van der Waals surface area contributed by atoms with Crippen molar-refractivity contribution in [2.45, 2.75) is 156 Å². The molecule has 250 valence electrons. The summed E-state index contributed by atoms with van der Waals surface area (Å²) in [6.07, 6.45) is 27.9. The summed E-state index contributed by atoms with van der Waals surface area (Å²) < 4.78 is 0. The second-order valence-electron chi connectivity index (χ2n) is 9.72. The van der Waals surface area contributed by atoms with Crippen LogP contribution >= 0.6 is 24.4 Å². The summed E-state index contributed by atoms with van der Waals surface area (Å²) >= 11 is 4.95. The molecule has 0 aliphatic heterocycles. The predicted octanol–water partition coefficient (Wildman–Crippen LogP) is 6.49. The van der Waals surface area contributed by atoms with Gasteiger partial charge in [0.05, 0.1) is 11.5 Å². The monoisotopic (exact) mass is 672 g/mol. The molecule has 0 radical (unpaired) electrons. The van der Waals surface area contributed by atoms with Gasteiger partial charge in [0.2, 0.25) is 0 Å². The topological polar surface area (TPSA) is 125 Å². The summed E-state index contributed by atoms with van der Waals surface area (Å²) in [4.78, 5) is 19.6. The maximum absolute atomic E-state index is 10.3. The molecule has 9 heteroatoms. The van der Waals surface area contributed by atoms with E-state index in [-0.39, 0.29) is 68.4 Å². The number of carboxylic acids is 2. The average molecular weight is 673 g/mol. The van der Waals surface area contributed by atoms with Crippen LogP contribution in [-0.4, -0.2) is 57.1 Å². The molecule has 0 aliphatic carbocycles. The van der Waals surface area contributed by atoms with Crippen molar-refractivity contribution >= 4 is 36.3 Å². The van der Waals surface area contributed by atoms with E-state index in [0.717, 1.165) is 32.1 Å². The second kappa shape index (κ2) is 57.9. The van der Waals surface area contributed by atoms with Gasteiger partial charge in [-0.2, -0.15) is 24.4 Å². The Morgan fingerprint density at radius 2 is 0.907 bits per heavy atom. The molecule has 0 aliphatic rings. The zero-order chi connectivity index (χ0) is 31.7. The number of rotatable bonds is 24. The molecule has 0 aromatic carbocycles. The van der Waals surface area contributed by atoms with Crippen LogP contribution in [-0.2, 0) is 9.59 Å². The summed E-state index contributed by atoms with van der Waals surface area (Å²) in [6.45, 7) is 6.11. The molecule has 0 saturated carbocycles. The normalized spacial score (nSPS) is 8.79. The Kier molecular flexibility index (Phi) is 75.0. The molecular weight excluding hydrogens is 608 g/mol. The molecule has 43 heavy (non-hydrogen) atoms. The van der Waals surface area contributed by atoms with Crippen LogP contribution < -0.4 is 51.4 Å². The van der Waals surface area contributed by atoms with Gasteiger partial charge < -0.3 is 20.8 Å². The van der Waals surface area contributed by atoms with Crippen LogP contribution in [0.4, 0.5) is 0 Å². The Bertz CT molecular complexity index is 642. The third-order valence-corrected chi connectivity index (χ3v) is 7.26. The van der Waals surface area contributed by atoms with Crippen LogP contribution in [0.3, 0.4) is 0 Å². The maximum atomic E-state index is 10.3. The predicted molar refractivity (Wildman–Crippen MR) is 186 cm³/mol. The first-order valence-corrected chi connectivity index (χ1v) is 17.6. The molecule has 0 spiro atoms. The van der Waals surface area contributed by atoms with Crippen molar-refractivity contribution in [2.75, 3.05) is 24.4 Å². The molecule has 0 aromatic heterocycles. The van der Waals surface area contributed by atoms with E-state index in [1.165, 1.54) is 127 Å². The molecule has 0 amide bonds. The Morgan fingerprint density at radius 1 is 0.605 bits per heavy atom. The number of thioether (sulfide) groups is 1. The molecule has 0 aromatic rings. The van der Waals surface area contributed by atoms with E-state index >= 15 is 0 Å². The van der Waals surface area contributed by atoms with Crippen LogP contribution in [0.25, 0.3) is 0 Å². The molecule has 0 bridgehead atoms. The van der Waals surface area contributed by atoms with Crippen LogP contribution in [0.1, 0.15) is 156 Å². The number of unbranched alkanes of at least 4 members (excludes halogenated alkanes) is 19. The van der Waals surface area contributed by atoms with Gasteiger partial charge in [0.1, 0.15) is 0 Å². The van der Waals surface area contributed by atoms with Gasteiger partial charge in [-0.1, -0.05) is 110 Å². The number of hydrogen-bond donors (Lipinski definition) is 4. The Morgan fingerprint density at radius 3 is 1.19 bits per heavy atom. The standard InChI is InChI=1S/C16H28O2S.C15H28.C2H4O2S.CH4O.K.H2O/c1-2-3-4-5-6-7-8-9-10-11-12-13-14-19-15-16(17)18;1-3-5-7-9-11-13-15-14-12-10-8-6-4-2;3-2(4)1-5;1-2;;/h4-15H2,1H3,(H,17,18);3,5,7-15H2,1-2H3;5H,1H2,(H,3,4);2H,1H3;;1H2/q;;;;+1;/p-1. The van der Waals surface area contributed by atoms with E-state index in [1.54, 1.807) is 0 Å². The SMILES string of the molecule is CC#CCCCCCCCCCCCC.CC#CCCCCCCCCCCCSCC(=O)O.CO.O=C(O)CS.[K+].[OH-]. The number of aliphatic hydroxyl groups excluding tert-OH is 1. The van der Waals surface area contributed by atoms with E-state index in [4.69, 9.17) is 15.3 Å². The summed E-state index contributed by atoms with van der Waals surface area (Å²) in [7, 11) is 1.00. The van der Waals surface area contributed by atoms with Gasteiger partial charge >= 0.3 is 63.3 Å². The number of aliphatic hydroxyl groups is 1. The second-order valence-corrected chi connectivity index (χ2v) is 11.1. The van der Waals surface area contributed by atoms with Crippen LogP contribution in [0, 0.1) is 23.7 Å². The fourth-order valence-corrected chi connectivity index (χ4v) is 4.49. The van der Waals surface area contributed by atoms with E-state index in [1.807, 2.05) is 13.8 Å². The minimum absolute atomic E-state index is 0. The Hall–Kier alpha value is 0.316. The van der Waals surface area contributed by atoms with Crippen molar-refractivity contribution in [3.05, 3.63) is 0 Å². The van der Waals surface area contributed by atoms with Gasteiger partial charge in [0.15, 0.2) is 0 Å². The first-order valence-electron chi connectivity index (χ1n) is 15.8. The number of hydrogen-bond acceptors (Lipinski definition) is 6. The summed E-state index contributed by atoms with van der Waals surface area (Å²) in [5.41, 5.74) is 0. The van der Waals surface area contributed by atoms with Gasteiger partial charge in [-0.05, 0) is 38.9 Å². The number of thiol groups is 1. The largest absolute Gasteiger partial charge is 1.00 e. The van der Waals surface area contributed by atoms with Gasteiger partial charge in [0.25, 0.3) is 0 Å². The third kappa shape index (κ3) is 74.8. The van der Waals surface area contributed by atoms with Crippen molar-refractivity contribution < 1.29 is 81.8 Å². The van der Waals surface area contributed by atoms with E-state index in [9.17, 15) is 9.59 Å².